The lowest BCUT2D eigenvalue weighted by atomic mass is 10.0. The minimum atomic E-state index is 0.261. The number of carbonyl (C=O) groups is 1. The number of rotatable bonds is 31. The van der Waals surface area contributed by atoms with Crippen LogP contribution < -0.4 is 5.32 Å². The van der Waals surface area contributed by atoms with Crippen LogP contribution in [0.2, 0.25) is 0 Å². The topological polar surface area (TPSA) is 49.3 Å². The smallest absolute Gasteiger partial charge is 0.219 e. The summed E-state index contributed by atoms with van der Waals surface area (Å²) in [5, 5.41) is 11.9. The second-order valence-electron chi connectivity index (χ2n) is 11.4. The third-order valence-corrected chi connectivity index (χ3v) is 7.57. The molecule has 0 aromatic rings. The van der Waals surface area contributed by atoms with E-state index in [4.69, 9.17) is 5.11 Å². The zero-order chi connectivity index (χ0) is 26.9. The van der Waals surface area contributed by atoms with Gasteiger partial charge in [0.25, 0.3) is 0 Å². The first kappa shape index (κ1) is 36.2. The summed E-state index contributed by atoms with van der Waals surface area (Å²) >= 11 is 0. The molecule has 0 spiro atoms. The molecule has 1 amide bonds. The third kappa shape index (κ3) is 33.1. The van der Waals surface area contributed by atoms with Gasteiger partial charge < -0.3 is 10.4 Å². The fourth-order valence-corrected chi connectivity index (χ4v) is 5.03. The van der Waals surface area contributed by atoms with E-state index >= 15 is 0 Å². The van der Waals surface area contributed by atoms with Crippen LogP contribution in [-0.4, -0.2) is 24.2 Å². The first-order chi connectivity index (χ1) is 18.3. The number of hydrogen-bond donors (Lipinski definition) is 2. The van der Waals surface area contributed by atoms with Crippen molar-refractivity contribution in [1.29, 1.82) is 0 Å². The van der Waals surface area contributed by atoms with Gasteiger partial charge in [0.15, 0.2) is 0 Å². The second kappa shape index (κ2) is 33.2. The van der Waals surface area contributed by atoms with Crippen LogP contribution in [0.4, 0.5) is 0 Å². The molecule has 0 aliphatic rings. The lowest BCUT2D eigenvalue weighted by Gasteiger charge is -2.06. The van der Waals surface area contributed by atoms with Crippen LogP contribution in [0, 0.1) is 0 Å². The van der Waals surface area contributed by atoms with Crippen LogP contribution in [0.3, 0.4) is 0 Å². The van der Waals surface area contributed by atoms with E-state index in [0.29, 0.717) is 6.61 Å². The summed E-state index contributed by atoms with van der Waals surface area (Å²) in [4.78, 5) is 12.0. The minimum absolute atomic E-state index is 0.261. The van der Waals surface area contributed by atoms with Crippen LogP contribution >= 0.6 is 0 Å². The van der Waals surface area contributed by atoms with E-state index in [9.17, 15) is 4.79 Å². The molecule has 37 heavy (non-hydrogen) atoms. The van der Waals surface area contributed by atoms with Crippen LogP contribution in [0.25, 0.3) is 0 Å². The number of unbranched alkanes of at least 4 members (excludes halogenated alkanes) is 24. The summed E-state index contributed by atoms with van der Waals surface area (Å²) in [6.45, 7) is 3.49. The zero-order valence-electron chi connectivity index (χ0n) is 25.2. The normalized spacial score (nSPS) is 11.5. The molecule has 0 heterocycles. The molecule has 0 atom stereocenters. The molecule has 0 aliphatic heterocycles. The van der Waals surface area contributed by atoms with Crippen LogP contribution in [-0.2, 0) is 4.79 Å². The maximum Gasteiger partial charge on any atom is 0.219 e. The number of allylic oxidation sites excluding steroid dienone is 2. The molecule has 0 saturated heterocycles. The van der Waals surface area contributed by atoms with Crippen molar-refractivity contribution in [3.05, 3.63) is 12.2 Å². The van der Waals surface area contributed by atoms with Crippen LogP contribution in [0.1, 0.15) is 187 Å². The Morgan fingerprint density at radius 1 is 0.514 bits per heavy atom. The molecule has 220 valence electrons. The largest absolute Gasteiger partial charge is 0.396 e. The predicted octanol–water partition coefficient (Wildman–Crippen LogP) is 10.6. The van der Waals surface area contributed by atoms with Crippen LogP contribution in [0.15, 0.2) is 12.2 Å². The van der Waals surface area contributed by atoms with Crippen molar-refractivity contribution in [2.45, 2.75) is 187 Å². The van der Waals surface area contributed by atoms with Crippen molar-refractivity contribution in [3.63, 3.8) is 0 Å². The molecule has 3 heteroatoms. The Hall–Kier alpha value is -0.830. The number of nitrogens with one attached hydrogen (secondary N) is 1. The molecular formula is C34H67NO2. The Kier molecular flexibility index (Phi) is 32.5. The number of aliphatic hydroxyl groups is 1. The van der Waals surface area contributed by atoms with Gasteiger partial charge in [0.1, 0.15) is 0 Å². The van der Waals surface area contributed by atoms with Gasteiger partial charge >= 0.3 is 0 Å². The standard InChI is InChI=1S/C34H67NO2/c1-2-3-4-5-6-7-8-13-16-19-22-25-28-31-34(37)35-32-29-26-23-20-17-14-11-9-10-12-15-18-21-24-27-30-33-36/h9-10,36H,2-8,11-33H2,1H3,(H,35,37)/b10-9-. The first-order valence-corrected chi connectivity index (χ1v) is 16.8. The molecule has 0 saturated carbocycles. The summed E-state index contributed by atoms with van der Waals surface area (Å²) < 4.78 is 0. The highest BCUT2D eigenvalue weighted by atomic mass is 16.2. The van der Waals surface area contributed by atoms with E-state index in [0.717, 1.165) is 32.2 Å². The lowest BCUT2D eigenvalue weighted by Crippen LogP contribution is -2.23. The summed E-state index contributed by atoms with van der Waals surface area (Å²) in [7, 11) is 0. The monoisotopic (exact) mass is 522 g/mol. The third-order valence-electron chi connectivity index (χ3n) is 7.57. The molecule has 0 rings (SSSR count). The van der Waals surface area contributed by atoms with Crippen molar-refractivity contribution in [2.24, 2.45) is 0 Å². The van der Waals surface area contributed by atoms with Gasteiger partial charge in [-0.1, -0.05) is 147 Å². The Labute approximate surface area is 233 Å². The molecule has 0 aromatic carbocycles. The Balaban J connectivity index is 3.19. The Morgan fingerprint density at radius 3 is 1.35 bits per heavy atom. The van der Waals surface area contributed by atoms with Gasteiger partial charge in [0, 0.05) is 19.6 Å². The SMILES string of the molecule is CCCCCCCCCCCCCCCC(=O)NCCCCCCCC/C=C\CCCCCCCCO. The average Bonchev–Trinajstić information content (AvgIpc) is 2.90. The average molecular weight is 522 g/mol. The minimum Gasteiger partial charge on any atom is -0.396 e. The maximum atomic E-state index is 12.0. The van der Waals surface area contributed by atoms with E-state index in [1.165, 1.54) is 154 Å². The molecule has 0 radical (unpaired) electrons. The summed E-state index contributed by atoms with van der Waals surface area (Å²) in [5.74, 6) is 0.261. The van der Waals surface area contributed by atoms with E-state index < -0.39 is 0 Å². The molecule has 0 unspecified atom stereocenters. The molecule has 3 nitrogen and oxygen atoms in total. The molecule has 0 fully saturated rings. The van der Waals surface area contributed by atoms with E-state index in [-0.39, 0.29) is 5.91 Å². The van der Waals surface area contributed by atoms with Gasteiger partial charge in [0.2, 0.25) is 5.91 Å². The van der Waals surface area contributed by atoms with E-state index in [1.807, 2.05) is 0 Å². The zero-order valence-corrected chi connectivity index (χ0v) is 25.2. The van der Waals surface area contributed by atoms with E-state index in [1.54, 1.807) is 0 Å². The summed E-state index contributed by atoms with van der Waals surface area (Å²) in [6.07, 6.45) is 40.5. The van der Waals surface area contributed by atoms with Crippen molar-refractivity contribution in [1.82, 2.24) is 5.32 Å². The van der Waals surface area contributed by atoms with Gasteiger partial charge in [-0.15, -0.1) is 0 Å². The molecule has 2 N–H and O–H groups in total. The van der Waals surface area contributed by atoms with Gasteiger partial charge in [-0.25, -0.2) is 0 Å². The fourth-order valence-electron chi connectivity index (χ4n) is 5.03. The van der Waals surface area contributed by atoms with Gasteiger partial charge in [-0.05, 0) is 44.9 Å². The van der Waals surface area contributed by atoms with Crippen molar-refractivity contribution in [3.8, 4) is 0 Å². The number of amides is 1. The van der Waals surface area contributed by atoms with Crippen molar-refractivity contribution < 1.29 is 9.90 Å². The van der Waals surface area contributed by atoms with Crippen molar-refractivity contribution >= 4 is 5.91 Å². The number of aliphatic hydroxyl groups excluding tert-OH is 1. The quantitative estimate of drug-likeness (QED) is 0.0704. The fraction of sp³-hybridized carbons (Fsp3) is 0.912. The highest BCUT2D eigenvalue weighted by Crippen LogP contribution is 2.13. The molecule has 0 aromatic heterocycles. The number of carbonyl (C=O) groups excluding carboxylic acids is 1. The molecular weight excluding hydrogens is 454 g/mol. The van der Waals surface area contributed by atoms with Crippen molar-refractivity contribution in [2.75, 3.05) is 13.2 Å². The van der Waals surface area contributed by atoms with Gasteiger partial charge in [0.05, 0.1) is 0 Å². The maximum absolute atomic E-state index is 12.0. The summed E-state index contributed by atoms with van der Waals surface area (Å²) in [5.41, 5.74) is 0. The highest BCUT2D eigenvalue weighted by molar-refractivity contribution is 5.75. The molecule has 0 bridgehead atoms. The number of hydrogen-bond acceptors (Lipinski definition) is 2. The molecule has 0 aliphatic carbocycles. The van der Waals surface area contributed by atoms with Crippen LogP contribution in [0.5, 0.6) is 0 Å². The first-order valence-electron chi connectivity index (χ1n) is 16.8. The van der Waals surface area contributed by atoms with Gasteiger partial charge in [-0.2, -0.15) is 0 Å². The predicted molar refractivity (Wildman–Crippen MR) is 164 cm³/mol. The second-order valence-corrected chi connectivity index (χ2v) is 11.4. The lowest BCUT2D eigenvalue weighted by molar-refractivity contribution is -0.121. The van der Waals surface area contributed by atoms with Gasteiger partial charge in [-0.3, -0.25) is 4.79 Å². The van der Waals surface area contributed by atoms with E-state index in [2.05, 4.69) is 24.4 Å². The Bertz CT molecular complexity index is 463. The highest BCUT2D eigenvalue weighted by Gasteiger charge is 2.01. The Morgan fingerprint density at radius 2 is 0.892 bits per heavy atom. The summed E-state index contributed by atoms with van der Waals surface area (Å²) in [6, 6.07) is 0.